The molecule has 1 nitrogen and oxygen atoms in total. The number of hydrogen-bond donors (Lipinski definition) is 0. The van der Waals surface area contributed by atoms with E-state index in [1.807, 2.05) is 12.1 Å². The minimum absolute atomic E-state index is 0.366. The Balaban J connectivity index is 1.51. The Bertz CT molecular complexity index is 1760. The molecule has 0 atom stereocenters. The smallest absolute Gasteiger partial charge is 0.133 e. The molecule has 0 unspecified atom stereocenters. The van der Waals surface area contributed by atoms with Crippen LogP contribution in [-0.4, -0.2) is 0 Å². The lowest BCUT2D eigenvalue weighted by atomic mass is 9.60. The first kappa shape index (κ1) is 20.6. The Hall–Kier alpha value is -4.62. The molecule has 174 valence electrons. The van der Waals surface area contributed by atoms with Crippen LogP contribution in [0.15, 0.2) is 138 Å². The first-order valence-electron chi connectivity index (χ1n) is 12.9. The van der Waals surface area contributed by atoms with Crippen molar-refractivity contribution in [1.82, 2.24) is 0 Å². The molecule has 2 aliphatic carbocycles. The van der Waals surface area contributed by atoms with Crippen molar-refractivity contribution in [3.05, 3.63) is 167 Å². The Morgan fingerprint density at radius 2 is 1.11 bits per heavy atom. The van der Waals surface area contributed by atoms with Crippen molar-refractivity contribution < 1.29 is 4.42 Å². The van der Waals surface area contributed by atoms with Gasteiger partial charge in [-0.25, -0.2) is 0 Å². The maximum Gasteiger partial charge on any atom is 0.133 e. The summed E-state index contributed by atoms with van der Waals surface area (Å²) < 4.78 is 5.76. The van der Waals surface area contributed by atoms with Crippen molar-refractivity contribution in [2.45, 2.75) is 11.8 Å². The van der Waals surface area contributed by atoms with E-state index in [0.29, 0.717) is 0 Å². The van der Waals surface area contributed by atoms with Gasteiger partial charge >= 0.3 is 0 Å². The van der Waals surface area contributed by atoms with Crippen LogP contribution in [0.4, 0.5) is 0 Å². The molecular formula is C36H24O. The Morgan fingerprint density at radius 1 is 0.486 bits per heavy atom. The molecule has 1 heterocycles. The largest absolute Gasteiger partial charge is 0.464 e. The van der Waals surface area contributed by atoms with Crippen LogP contribution in [0.2, 0.25) is 0 Å². The molecule has 2 aliphatic rings. The van der Waals surface area contributed by atoms with E-state index < -0.39 is 0 Å². The average molecular weight is 473 g/mol. The minimum Gasteiger partial charge on any atom is -0.464 e. The molecule has 1 spiro atoms. The van der Waals surface area contributed by atoms with Crippen LogP contribution in [0, 0.1) is 0 Å². The quantitative estimate of drug-likeness (QED) is 0.245. The molecule has 0 saturated carbocycles. The molecule has 6 aromatic rings. The van der Waals surface area contributed by atoms with Crippen molar-refractivity contribution in [1.29, 1.82) is 0 Å². The summed E-state index contributed by atoms with van der Waals surface area (Å²) >= 11 is 0. The number of hydrogen-bond acceptors (Lipinski definition) is 1. The van der Waals surface area contributed by atoms with Crippen LogP contribution in [0.1, 0.15) is 33.4 Å². The van der Waals surface area contributed by atoms with Crippen molar-refractivity contribution >= 4 is 0 Å². The number of benzene rings is 5. The van der Waals surface area contributed by atoms with E-state index in [0.717, 1.165) is 17.7 Å². The van der Waals surface area contributed by atoms with Gasteiger partial charge in [0.2, 0.25) is 0 Å². The lowest BCUT2D eigenvalue weighted by molar-refractivity contribution is 0.582. The number of rotatable bonds is 2. The van der Waals surface area contributed by atoms with E-state index in [2.05, 4.69) is 115 Å². The second kappa shape index (κ2) is 7.69. The predicted molar refractivity (Wildman–Crippen MR) is 150 cm³/mol. The monoisotopic (exact) mass is 472 g/mol. The van der Waals surface area contributed by atoms with Gasteiger partial charge in [0.25, 0.3) is 0 Å². The van der Waals surface area contributed by atoms with Crippen LogP contribution in [-0.2, 0) is 11.8 Å². The van der Waals surface area contributed by atoms with E-state index in [1.54, 1.807) is 6.26 Å². The number of furan rings is 1. The van der Waals surface area contributed by atoms with Crippen LogP contribution in [0.5, 0.6) is 0 Å². The highest BCUT2D eigenvalue weighted by Gasteiger charge is 2.50. The third-order valence-electron chi connectivity index (χ3n) is 8.26. The van der Waals surface area contributed by atoms with Crippen LogP contribution in [0.25, 0.3) is 33.6 Å². The fourth-order valence-corrected chi connectivity index (χ4v) is 6.87. The molecule has 8 rings (SSSR count). The zero-order valence-electron chi connectivity index (χ0n) is 20.3. The van der Waals surface area contributed by atoms with Crippen LogP contribution < -0.4 is 0 Å². The molecular weight excluding hydrogens is 448 g/mol. The summed E-state index contributed by atoms with van der Waals surface area (Å²) in [5, 5.41) is 0. The maximum absolute atomic E-state index is 5.76. The average Bonchev–Trinajstić information content (AvgIpc) is 3.60. The van der Waals surface area contributed by atoms with Crippen molar-refractivity contribution in [2.75, 3.05) is 0 Å². The van der Waals surface area contributed by atoms with Crippen molar-refractivity contribution in [2.24, 2.45) is 0 Å². The Morgan fingerprint density at radius 3 is 1.86 bits per heavy atom. The third kappa shape index (κ3) is 2.74. The first-order chi connectivity index (χ1) is 18.4. The van der Waals surface area contributed by atoms with Gasteiger partial charge in [-0.15, -0.1) is 0 Å². The van der Waals surface area contributed by atoms with Gasteiger partial charge in [-0.3, -0.25) is 0 Å². The number of fused-ring (bicyclic) bond motifs is 9. The fraction of sp³-hybridized carbons (Fsp3) is 0.0556. The van der Waals surface area contributed by atoms with Gasteiger partial charge in [-0.2, -0.15) is 0 Å². The molecule has 0 radical (unpaired) electrons. The first-order valence-corrected chi connectivity index (χ1v) is 12.9. The maximum atomic E-state index is 5.76. The highest BCUT2D eigenvalue weighted by molar-refractivity contribution is 5.94. The van der Waals surface area contributed by atoms with Gasteiger partial charge < -0.3 is 4.42 Å². The highest BCUT2D eigenvalue weighted by Crippen LogP contribution is 2.61. The summed E-state index contributed by atoms with van der Waals surface area (Å²) in [4.78, 5) is 0. The second-order valence-electron chi connectivity index (χ2n) is 10.1. The van der Waals surface area contributed by atoms with E-state index >= 15 is 0 Å². The molecule has 0 aliphatic heterocycles. The summed E-state index contributed by atoms with van der Waals surface area (Å²) in [6.45, 7) is 0. The molecule has 37 heavy (non-hydrogen) atoms. The van der Waals surface area contributed by atoms with E-state index in [9.17, 15) is 0 Å². The molecule has 0 fully saturated rings. The molecule has 5 aromatic carbocycles. The van der Waals surface area contributed by atoms with Gasteiger partial charge in [0.05, 0.1) is 11.7 Å². The summed E-state index contributed by atoms with van der Waals surface area (Å²) in [7, 11) is 0. The summed E-state index contributed by atoms with van der Waals surface area (Å²) in [5.41, 5.74) is 14.2. The Kier molecular flexibility index (Phi) is 4.27. The lowest BCUT2D eigenvalue weighted by Crippen LogP contribution is -2.34. The summed E-state index contributed by atoms with van der Waals surface area (Å²) in [6.07, 6.45) is 2.70. The minimum atomic E-state index is -0.366. The van der Waals surface area contributed by atoms with Gasteiger partial charge in [0.15, 0.2) is 0 Å². The van der Waals surface area contributed by atoms with E-state index in [-0.39, 0.29) is 5.41 Å². The zero-order valence-corrected chi connectivity index (χ0v) is 20.3. The van der Waals surface area contributed by atoms with Gasteiger partial charge in [0.1, 0.15) is 5.76 Å². The van der Waals surface area contributed by atoms with Crippen LogP contribution in [0.3, 0.4) is 0 Å². The van der Waals surface area contributed by atoms with Crippen molar-refractivity contribution in [3.8, 4) is 33.6 Å². The molecule has 0 amide bonds. The van der Waals surface area contributed by atoms with Crippen LogP contribution >= 0.6 is 0 Å². The molecule has 1 heteroatoms. The highest BCUT2D eigenvalue weighted by atomic mass is 16.3. The molecule has 0 saturated heterocycles. The second-order valence-corrected chi connectivity index (χ2v) is 10.1. The molecule has 0 bridgehead atoms. The van der Waals surface area contributed by atoms with Gasteiger partial charge in [-0.1, -0.05) is 109 Å². The summed E-state index contributed by atoms with van der Waals surface area (Å²) in [6, 6.07) is 46.7. The molecule has 1 aromatic heterocycles. The van der Waals surface area contributed by atoms with Gasteiger partial charge in [0, 0.05) is 5.56 Å². The van der Waals surface area contributed by atoms with E-state index in [4.69, 9.17) is 4.42 Å². The topological polar surface area (TPSA) is 13.1 Å². The molecule has 0 N–H and O–H groups in total. The predicted octanol–water partition coefficient (Wildman–Crippen LogP) is 8.88. The third-order valence-corrected chi connectivity index (χ3v) is 8.26. The van der Waals surface area contributed by atoms with Gasteiger partial charge in [-0.05, 0) is 80.3 Å². The standard InChI is InChI=1S/C36H24O/c1-4-17-31-25(10-1)23-26-11-2-5-18-32(26)36(31)33-19-6-3-14-29(33)30-16-8-15-28(35(30)36)24-12-7-13-27(22-24)34-20-9-21-37-34/h1-22H,23H2. The summed E-state index contributed by atoms with van der Waals surface area (Å²) in [5.74, 6) is 0.890. The Labute approximate surface area is 216 Å². The normalized spacial score (nSPS) is 14.1. The van der Waals surface area contributed by atoms with Crippen molar-refractivity contribution in [3.63, 3.8) is 0 Å². The lowest BCUT2D eigenvalue weighted by Gasteiger charge is -2.41. The zero-order chi connectivity index (χ0) is 24.4. The van der Waals surface area contributed by atoms with E-state index in [1.165, 1.54) is 55.6 Å². The SMILES string of the molecule is c1cc(-c2ccco2)cc(-c2cccc3c2C2(c4ccccc4Cc4ccccc42)c2ccccc2-3)c1. The fourth-order valence-electron chi connectivity index (χ4n) is 6.87.